The lowest BCUT2D eigenvalue weighted by molar-refractivity contribution is 1.00. The van der Waals surface area contributed by atoms with Crippen LogP contribution in [0.4, 0.5) is 5.69 Å². The summed E-state index contributed by atoms with van der Waals surface area (Å²) >= 11 is 0. The molecule has 1 saturated carbocycles. The number of nitriles is 1. The van der Waals surface area contributed by atoms with E-state index in [2.05, 4.69) is 16.4 Å². The molecule has 0 aliphatic heterocycles. The van der Waals surface area contributed by atoms with Crippen LogP contribution in [0.3, 0.4) is 0 Å². The van der Waals surface area contributed by atoms with Crippen molar-refractivity contribution in [3.63, 3.8) is 0 Å². The molecular weight excluding hydrogens is 164 g/mol. The minimum absolute atomic E-state index is 0.228. The molecule has 0 bridgehead atoms. The van der Waals surface area contributed by atoms with Gasteiger partial charge < -0.3 is 11.1 Å². The topological polar surface area (TPSA) is 74.7 Å². The Kier molecular flexibility index (Phi) is 1.87. The van der Waals surface area contributed by atoms with E-state index in [1.165, 1.54) is 0 Å². The molecule has 0 amide bonds. The van der Waals surface area contributed by atoms with Crippen molar-refractivity contribution in [3.05, 3.63) is 24.0 Å². The molecule has 1 heterocycles. The third-order valence-corrected chi connectivity index (χ3v) is 2.12. The summed E-state index contributed by atoms with van der Waals surface area (Å²) in [4.78, 5) is 3.94. The molecule has 0 radical (unpaired) electrons. The molecule has 2 rings (SSSR count). The zero-order valence-electron chi connectivity index (χ0n) is 7.07. The Bertz CT molecular complexity index is 355. The summed E-state index contributed by atoms with van der Waals surface area (Å²) in [7, 11) is 0. The Morgan fingerprint density at radius 2 is 2.46 bits per heavy atom. The summed E-state index contributed by atoms with van der Waals surface area (Å²) in [5.41, 5.74) is 7.04. The number of hydrogen-bond donors (Lipinski definition) is 2. The number of nitrogens with one attached hydrogen (secondary N) is 1. The second-order valence-electron chi connectivity index (χ2n) is 3.18. The fourth-order valence-corrected chi connectivity index (χ4v) is 1.19. The fraction of sp³-hybridized carbons (Fsp3) is 0.333. The maximum absolute atomic E-state index is 8.77. The molecular formula is C9H10N4. The highest BCUT2D eigenvalue weighted by Gasteiger charge is 2.33. The van der Waals surface area contributed by atoms with E-state index < -0.39 is 0 Å². The van der Waals surface area contributed by atoms with Crippen LogP contribution >= 0.6 is 0 Å². The van der Waals surface area contributed by atoms with Gasteiger partial charge in [0.05, 0.1) is 17.4 Å². The molecule has 1 aliphatic rings. The third kappa shape index (κ3) is 1.60. The van der Waals surface area contributed by atoms with E-state index in [0.717, 1.165) is 12.1 Å². The zero-order valence-corrected chi connectivity index (χ0v) is 7.07. The smallest absolute Gasteiger partial charge is 0.101 e. The summed E-state index contributed by atoms with van der Waals surface area (Å²) < 4.78 is 0. The van der Waals surface area contributed by atoms with Gasteiger partial charge in [-0.15, -0.1) is 0 Å². The lowest BCUT2D eigenvalue weighted by Crippen LogP contribution is -2.13. The maximum Gasteiger partial charge on any atom is 0.101 e. The van der Waals surface area contributed by atoms with Crippen molar-refractivity contribution in [2.75, 3.05) is 5.32 Å². The van der Waals surface area contributed by atoms with Gasteiger partial charge in [-0.3, -0.25) is 4.98 Å². The maximum atomic E-state index is 8.77. The number of nitrogens with two attached hydrogens (primary N) is 1. The van der Waals surface area contributed by atoms with Gasteiger partial charge in [0.25, 0.3) is 0 Å². The van der Waals surface area contributed by atoms with E-state index in [-0.39, 0.29) is 6.04 Å². The highest BCUT2D eigenvalue weighted by atomic mass is 15.0. The number of anilines is 1. The molecule has 2 unspecified atom stereocenters. The number of nitrogens with zero attached hydrogens (tertiary/aromatic N) is 2. The first-order chi connectivity index (χ1) is 6.31. The molecule has 0 aromatic carbocycles. The SMILES string of the molecule is N#Cc1ccncc1NC1CC1N. The van der Waals surface area contributed by atoms with Crippen LogP contribution in [0.1, 0.15) is 12.0 Å². The van der Waals surface area contributed by atoms with Crippen LogP contribution in [0.25, 0.3) is 0 Å². The van der Waals surface area contributed by atoms with Crippen molar-refractivity contribution in [1.29, 1.82) is 5.26 Å². The van der Waals surface area contributed by atoms with Crippen LogP contribution in [0.15, 0.2) is 18.5 Å². The van der Waals surface area contributed by atoms with Gasteiger partial charge >= 0.3 is 0 Å². The predicted molar refractivity (Wildman–Crippen MR) is 49.0 cm³/mol. The van der Waals surface area contributed by atoms with Gasteiger partial charge in [-0.2, -0.15) is 5.26 Å². The van der Waals surface area contributed by atoms with E-state index in [9.17, 15) is 0 Å². The van der Waals surface area contributed by atoms with Gasteiger partial charge in [0.1, 0.15) is 6.07 Å². The van der Waals surface area contributed by atoms with Gasteiger partial charge in [0.15, 0.2) is 0 Å². The fourth-order valence-electron chi connectivity index (χ4n) is 1.19. The lowest BCUT2D eigenvalue weighted by atomic mass is 10.2. The molecule has 0 spiro atoms. The second-order valence-corrected chi connectivity index (χ2v) is 3.18. The molecule has 1 aromatic heterocycles. The van der Waals surface area contributed by atoms with Crippen molar-refractivity contribution in [3.8, 4) is 6.07 Å². The minimum Gasteiger partial charge on any atom is -0.378 e. The van der Waals surface area contributed by atoms with Crippen LogP contribution in [0.5, 0.6) is 0 Å². The monoisotopic (exact) mass is 174 g/mol. The van der Waals surface area contributed by atoms with Crippen molar-refractivity contribution < 1.29 is 0 Å². The van der Waals surface area contributed by atoms with Crippen LogP contribution in [0, 0.1) is 11.3 Å². The van der Waals surface area contributed by atoms with E-state index in [1.807, 2.05) is 0 Å². The Hall–Kier alpha value is -1.60. The minimum atomic E-state index is 0.228. The number of hydrogen-bond acceptors (Lipinski definition) is 4. The first-order valence-electron chi connectivity index (χ1n) is 4.17. The summed E-state index contributed by atoms with van der Waals surface area (Å²) in [5, 5.41) is 11.9. The van der Waals surface area contributed by atoms with Crippen LogP contribution in [0.2, 0.25) is 0 Å². The molecule has 1 aliphatic carbocycles. The molecule has 66 valence electrons. The van der Waals surface area contributed by atoms with Crippen molar-refractivity contribution >= 4 is 5.69 Å². The summed E-state index contributed by atoms with van der Waals surface area (Å²) in [6, 6.07) is 4.34. The molecule has 4 heteroatoms. The van der Waals surface area contributed by atoms with E-state index >= 15 is 0 Å². The zero-order chi connectivity index (χ0) is 9.26. The van der Waals surface area contributed by atoms with Gasteiger partial charge in [-0.05, 0) is 12.5 Å². The first-order valence-corrected chi connectivity index (χ1v) is 4.17. The molecule has 0 saturated heterocycles. The van der Waals surface area contributed by atoms with Crippen molar-refractivity contribution in [2.45, 2.75) is 18.5 Å². The van der Waals surface area contributed by atoms with Gasteiger partial charge in [0.2, 0.25) is 0 Å². The van der Waals surface area contributed by atoms with E-state index in [1.54, 1.807) is 18.5 Å². The van der Waals surface area contributed by atoms with Crippen molar-refractivity contribution in [1.82, 2.24) is 4.98 Å². The third-order valence-electron chi connectivity index (χ3n) is 2.12. The number of aromatic nitrogens is 1. The van der Waals surface area contributed by atoms with Gasteiger partial charge in [0, 0.05) is 18.3 Å². The van der Waals surface area contributed by atoms with E-state index in [4.69, 9.17) is 11.0 Å². The average molecular weight is 174 g/mol. The summed E-state index contributed by atoms with van der Waals surface area (Å²) in [5.74, 6) is 0. The van der Waals surface area contributed by atoms with E-state index in [0.29, 0.717) is 11.6 Å². The van der Waals surface area contributed by atoms with Gasteiger partial charge in [-0.1, -0.05) is 0 Å². The van der Waals surface area contributed by atoms with Crippen LogP contribution in [-0.4, -0.2) is 17.1 Å². The number of pyridine rings is 1. The molecule has 3 N–H and O–H groups in total. The normalized spacial score (nSPS) is 24.9. The Morgan fingerprint density at radius 1 is 1.69 bits per heavy atom. The van der Waals surface area contributed by atoms with Crippen LogP contribution in [-0.2, 0) is 0 Å². The quantitative estimate of drug-likeness (QED) is 0.683. The highest BCUT2D eigenvalue weighted by molar-refractivity contribution is 5.56. The Balaban J connectivity index is 2.15. The molecule has 2 atom stereocenters. The molecule has 13 heavy (non-hydrogen) atoms. The molecule has 1 fully saturated rings. The largest absolute Gasteiger partial charge is 0.378 e. The molecule has 4 nitrogen and oxygen atoms in total. The van der Waals surface area contributed by atoms with Crippen molar-refractivity contribution in [2.24, 2.45) is 5.73 Å². The molecule has 1 aromatic rings. The second kappa shape index (κ2) is 3.04. The number of rotatable bonds is 2. The average Bonchev–Trinajstić information content (AvgIpc) is 2.83. The lowest BCUT2D eigenvalue weighted by Gasteiger charge is -2.04. The first kappa shape index (κ1) is 8.02. The van der Waals surface area contributed by atoms with Gasteiger partial charge in [-0.25, -0.2) is 0 Å². The highest BCUT2D eigenvalue weighted by Crippen LogP contribution is 2.24. The predicted octanol–water partition coefficient (Wildman–Crippen LogP) is 0.465. The Labute approximate surface area is 76.4 Å². The van der Waals surface area contributed by atoms with Crippen LogP contribution < -0.4 is 11.1 Å². The summed E-state index contributed by atoms with van der Waals surface area (Å²) in [6.45, 7) is 0. The standard InChI is InChI=1S/C9H10N4/c10-4-6-1-2-12-5-9(6)13-8-3-7(8)11/h1-2,5,7-8,13H,3,11H2. The Morgan fingerprint density at radius 3 is 3.08 bits per heavy atom. The summed E-state index contributed by atoms with van der Waals surface area (Å²) in [6.07, 6.45) is 4.24.